The monoisotopic (exact) mass is 1030 g/mol. The molecule has 0 spiro atoms. The van der Waals surface area contributed by atoms with Gasteiger partial charge in [0.1, 0.15) is 0 Å². The lowest BCUT2D eigenvalue weighted by Crippen LogP contribution is -2.45. The van der Waals surface area contributed by atoms with E-state index in [1.165, 1.54) is 283 Å². The summed E-state index contributed by atoms with van der Waals surface area (Å²) >= 11 is 0. The second-order valence-corrected chi connectivity index (χ2v) is 22.8. The number of carbonyl (C=O) groups is 2. The van der Waals surface area contributed by atoms with E-state index in [1.54, 1.807) is 0 Å². The number of unbranched alkanes of at least 4 members (excludes halogenated alkanes) is 47. The summed E-state index contributed by atoms with van der Waals surface area (Å²) in [4.78, 5) is 24.5. The van der Waals surface area contributed by atoms with Crippen LogP contribution in [-0.2, 0) is 14.3 Å². The zero-order chi connectivity index (χ0) is 52.9. The van der Waals surface area contributed by atoms with Crippen molar-refractivity contribution in [3.05, 3.63) is 24.3 Å². The predicted octanol–water partition coefficient (Wildman–Crippen LogP) is 21.0. The Kier molecular flexibility index (Phi) is 61.4. The first-order chi connectivity index (χ1) is 36.0. The number of hydrogen-bond donors (Lipinski definition) is 3. The first kappa shape index (κ1) is 71.3. The standard InChI is InChI=1S/C67H129NO5/c1-3-5-7-9-11-13-15-17-18-32-36-39-43-47-51-55-59-65(70)64(63-69)68-66(71)60-56-52-48-44-40-37-33-30-28-26-24-22-20-19-21-23-25-27-29-31-34-38-42-46-50-54-58-62-73-67(72)61-57-53-49-45-41-35-16-14-12-10-8-6-4-2/h8,10,14,16,64-65,69-70H,3-7,9,11-13,15,17-63H2,1-2H3,(H,68,71)/b10-8-,16-14-. The summed E-state index contributed by atoms with van der Waals surface area (Å²) in [6, 6.07) is -0.539. The summed E-state index contributed by atoms with van der Waals surface area (Å²) in [5, 5.41) is 23.3. The molecule has 0 aromatic heterocycles. The predicted molar refractivity (Wildman–Crippen MR) is 320 cm³/mol. The molecule has 0 saturated heterocycles. The molecule has 0 rings (SSSR count). The summed E-state index contributed by atoms with van der Waals surface area (Å²) in [7, 11) is 0. The van der Waals surface area contributed by atoms with Gasteiger partial charge in [-0.25, -0.2) is 0 Å². The van der Waals surface area contributed by atoms with Crippen molar-refractivity contribution in [2.24, 2.45) is 0 Å². The molecule has 0 aliphatic carbocycles. The molecule has 3 N–H and O–H groups in total. The lowest BCUT2D eigenvalue weighted by atomic mass is 10.0. The summed E-state index contributed by atoms with van der Waals surface area (Å²) in [5.41, 5.74) is 0. The highest BCUT2D eigenvalue weighted by molar-refractivity contribution is 5.76. The third-order valence-electron chi connectivity index (χ3n) is 15.5. The molecule has 2 atom stereocenters. The number of aliphatic hydroxyl groups excluding tert-OH is 2. The molecule has 1 amide bonds. The van der Waals surface area contributed by atoms with Gasteiger partial charge in [-0.15, -0.1) is 0 Å². The molecule has 0 heterocycles. The number of carbonyl (C=O) groups excluding carboxylic acids is 2. The fourth-order valence-corrected chi connectivity index (χ4v) is 10.4. The average Bonchev–Trinajstić information content (AvgIpc) is 3.39. The van der Waals surface area contributed by atoms with Crippen molar-refractivity contribution in [3.8, 4) is 0 Å². The molecule has 432 valence electrons. The van der Waals surface area contributed by atoms with E-state index in [0.29, 0.717) is 25.9 Å². The molecule has 6 heteroatoms. The molecule has 0 fully saturated rings. The van der Waals surface area contributed by atoms with Crippen molar-refractivity contribution in [2.45, 2.75) is 379 Å². The highest BCUT2D eigenvalue weighted by atomic mass is 16.5. The minimum atomic E-state index is -0.662. The van der Waals surface area contributed by atoms with Crippen molar-refractivity contribution >= 4 is 11.9 Å². The van der Waals surface area contributed by atoms with E-state index in [1.807, 2.05) is 0 Å². The minimum Gasteiger partial charge on any atom is -0.466 e. The quantitative estimate of drug-likeness (QED) is 0.0320. The van der Waals surface area contributed by atoms with E-state index in [9.17, 15) is 19.8 Å². The Balaban J connectivity index is 3.35. The molecule has 2 unspecified atom stereocenters. The number of nitrogens with one attached hydrogen (secondary N) is 1. The van der Waals surface area contributed by atoms with Gasteiger partial charge in [-0.2, -0.15) is 0 Å². The number of ether oxygens (including phenoxy) is 1. The summed E-state index contributed by atoms with van der Waals surface area (Å²) in [6.07, 6.45) is 77.8. The maximum Gasteiger partial charge on any atom is 0.305 e. The Labute approximate surface area is 456 Å². The van der Waals surface area contributed by atoms with E-state index in [-0.39, 0.29) is 18.5 Å². The zero-order valence-corrected chi connectivity index (χ0v) is 49.4. The van der Waals surface area contributed by atoms with Crippen LogP contribution < -0.4 is 5.32 Å². The first-order valence-electron chi connectivity index (χ1n) is 33.1. The van der Waals surface area contributed by atoms with Gasteiger partial charge in [-0.1, -0.05) is 327 Å². The molecule has 0 saturated carbocycles. The third kappa shape index (κ3) is 59.4. The molecule has 0 aliphatic heterocycles. The van der Waals surface area contributed by atoms with Gasteiger partial charge in [0.15, 0.2) is 0 Å². The second kappa shape index (κ2) is 62.9. The van der Waals surface area contributed by atoms with Crippen LogP contribution in [0, 0.1) is 0 Å². The number of allylic oxidation sites excluding steroid dienone is 4. The van der Waals surface area contributed by atoms with E-state index in [2.05, 4.69) is 43.5 Å². The molecule has 6 nitrogen and oxygen atoms in total. The summed E-state index contributed by atoms with van der Waals surface area (Å²) in [5.74, 6) is -0.0263. The molecule has 0 bridgehead atoms. The SMILES string of the molecule is CCC/C=C\C/C=C\CCCCCCCC(=O)OCCCCCCCCCCCCCCCCCCCCCCCCCCCCCC(=O)NC(CO)C(O)CCCCCCCCCCCCCCCCCC. The van der Waals surface area contributed by atoms with Gasteiger partial charge in [0.2, 0.25) is 5.91 Å². The number of hydrogen-bond acceptors (Lipinski definition) is 5. The Hall–Kier alpha value is -1.66. The maximum absolute atomic E-state index is 12.5. The van der Waals surface area contributed by atoms with Crippen molar-refractivity contribution < 1.29 is 24.5 Å². The van der Waals surface area contributed by atoms with Crippen LogP contribution in [0.5, 0.6) is 0 Å². The van der Waals surface area contributed by atoms with Crippen molar-refractivity contribution in [3.63, 3.8) is 0 Å². The van der Waals surface area contributed by atoms with Gasteiger partial charge in [-0.05, 0) is 51.4 Å². The lowest BCUT2D eigenvalue weighted by Gasteiger charge is -2.22. The van der Waals surface area contributed by atoms with Crippen LogP contribution in [0.3, 0.4) is 0 Å². The van der Waals surface area contributed by atoms with Gasteiger partial charge in [0.25, 0.3) is 0 Å². The summed E-state index contributed by atoms with van der Waals surface area (Å²) < 4.78 is 5.47. The summed E-state index contributed by atoms with van der Waals surface area (Å²) in [6.45, 7) is 4.91. The maximum atomic E-state index is 12.5. The van der Waals surface area contributed by atoms with E-state index >= 15 is 0 Å². The molecule has 0 aromatic rings. The van der Waals surface area contributed by atoms with Crippen molar-refractivity contribution in [1.82, 2.24) is 5.32 Å². The Morgan fingerprint density at radius 3 is 1.10 bits per heavy atom. The first-order valence-corrected chi connectivity index (χ1v) is 33.1. The van der Waals surface area contributed by atoms with Crippen molar-refractivity contribution in [2.75, 3.05) is 13.2 Å². The Morgan fingerprint density at radius 1 is 0.384 bits per heavy atom. The van der Waals surface area contributed by atoms with Crippen LogP contribution >= 0.6 is 0 Å². The van der Waals surface area contributed by atoms with Gasteiger partial charge >= 0.3 is 5.97 Å². The van der Waals surface area contributed by atoms with Gasteiger partial charge in [0.05, 0.1) is 25.4 Å². The average molecular weight is 1030 g/mol. The second-order valence-electron chi connectivity index (χ2n) is 22.8. The molecule has 0 aliphatic rings. The largest absolute Gasteiger partial charge is 0.466 e. The van der Waals surface area contributed by atoms with Crippen LogP contribution in [0.15, 0.2) is 24.3 Å². The van der Waals surface area contributed by atoms with Crippen LogP contribution in [0.25, 0.3) is 0 Å². The van der Waals surface area contributed by atoms with Crippen LogP contribution in [0.4, 0.5) is 0 Å². The van der Waals surface area contributed by atoms with E-state index < -0.39 is 12.1 Å². The van der Waals surface area contributed by atoms with Gasteiger partial charge in [-0.3, -0.25) is 9.59 Å². The number of esters is 1. The Morgan fingerprint density at radius 2 is 0.712 bits per heavy atom. The molecular weight excluding hydrogens is 899 g/mol. The van der Waals surface area contributed by atoms with Crippen LogP contribution in [-0.4, -0.2) is 47.4 Å². The molecule has 73 heavy (non-hydrogen) atoms. The third-order valence-corrected chi connectivity index (χ3v) is 15.5. The van der Waals surface area contributed by atoms with E-state index in [0.717, 1.165) is 51.4 Å². The van der Waals surface area contributed by atoms with Crippen LogP contribution in [0.1, 0.15) is 367 Å². The topological polar surface area (TPSA) is 95.9 Å². The fourth-order valence-electron chi connectivity index (χ4n) is 10.4. The van der Waals surface area contributed by atoms with Gasteiger partial charge < -0.3 is 20.3 Å². The van der Waals surface area contributed by atoms with E-state index in [4.69, 9.17) is 4.74 Å². The lowest BCUT2D eigenvalue weighted by molar-refractivity contribution is -0.143. The zero-order valence-electron chi connectivity index (χ0n) is 49.4. The smallest absolute Gasteiger partial charge is 0.305 e. The molecule has 0 aromatic carbocycles. The number of rotatable bonds is 62. The molecule has 0 radical (unpaired) electrons. The highest BCUT2D eigenvalue weighted by Gasteiger charge is 2.20. The van der Waals surface area contributed by atoms with Crippen LogP contribution in [0.2, 0.25) is 0 Å². The van der Waals surface area contributed by atoms with Gasteiger partial charge in [0, 0.05) is 12.8 Å². The number of aliphatic hydroxyl groups is 2. The normalized spacial score (nSPS) is 12.7. The molecular formula is C67H129NO5. The van der Waals surface area contributed by atoms with Crippen molar-refractivity contribution in [1.29, 1.82) is 0 Å². The highest BCUT2D eigenvalue weighted by Crippen LogP contribution is 2.19. The Bertz CT molecular complexity index is 1140. The number of amides is 1. The minimum absolute atomic E-state index is 0.00311. The fraction of sp³-hybridized carbons (Fsp3) is 0.910.